The Bertz CT molecular complexity index is 628. The zero-order valence-electron chi connectivity index (χ0n) is 15.0. The average molecular weight is 356 g/mol. The normalized spacial score (nSPS) is 21.2. The molecular formula is C16H25FN4O4. The molecule has 9 heteroatoms. The van der Waals surface area contributed by atoms with Gasteiger partial charge in [0.2, 0.25) is 17.6 Å². The molecule has 0 aromatic carbocycles. The summed E-state index contributed by atoms with van der Waals surface area (Å²) in [4.78, 5) is 27.9. The third-order valence-electron chi connectivity index (χ3n) is 4.04. The summed E-state index contributed by atoms with van der Waals surface area (Å²) in [6, 6.07) is -0.946. The van der Waals surface area contributed by atoms with Gasteiger partial charge in [0.25, 0.3) is 5.89 Å². The Morgan fingerprint density at radius 2 is 2.08 bits per heavy atom. The van der Waals surface area contributed by atoms with Crippen LogP contribution in [0.3, 0.4) is 0 Å². The maximum Gasteiger partial charge on any atom is 0.286 e. The molecule has 1 N–H and O–H groups in total. The first-order valence-electron chi connectivity index (χ1n) is 8.24. The molecule has 2 atom stereocenters. The van der Waals surface area contributed by atoms with Gasteiger partial charge in [0.15, 0.2) is 0 Å². The van der Waals surface area contributed by atoms with Gasteiger partial charge in [-0.2, -0.15) is 0 Å². The molecule has 0 bridgehead atoms. The molecule has 1 aromatic rings. The zero-order valence-corrected chi connectivity index (χ0v) is 15.0. The molecule has 1 saturated heterocycles. The van der Waals surface area contributed by atoms with Crippen molar-refractivity contribution in [2.45, 2.75) is 44.8 Å². The van der Waals surface area contributed by atoms with Crippen LogP contribution in [0.4, 0.5) is 4.39 Å². The molecule has 25 heavy (non-hydrogen) atoms. The fourth-order valence-electron chi connectivity index (χ4n) is 2.65. The van der Waals surface area contributed by atoms with E-state index in [1.54, 1.807) is 11.9 Å². The first kappa shape index (κ1) is 19.5. The van der Waals surface area contributed by atoms with Gasteiger partial charge >= 0.3 is 0 Å². The quantitative estimate of drug-likeness (QED) is 0.737. The fourth-order valence-corrected chi connectivity index (χ4v) is 2.65. The van der Waals surface area contributed by atoms with Crippen molar-refractivity contribution in [3.63, 3.8) is 0 Å². The molecule has 0 radical (unpaired) electrons. The van der Waals surface area contributed by atoms with Crippen LogP contribution in [0.1, 0.15) is 43.8 Å². The van der Waals surface area contributed by atoms with Gasteiger partial charge in [-0.3, -0.25) is 14.5 Å². The number of carbonyl (C=O) groups is 2. The van der Waals surface area contributed by atoms with E-state index >= 15 is 0 Å². The molecule has 1 fully saturated rings. The van der Waals surface area contributed by atoms with Gasteiger partial charge in [-0.05, 0) is 7.05 Å². The third kappa shape index (κ3) is 4.60. The number of carbonyl (C=O) groups excluding carboxylic acids is 2. The molecule has 1 aliphatic rings. The van der Waals surface area contributed by atoms with Crippen LogP contribution in [0, 0.1) is 0 Å². The number of amides is 1. The predicted molar refractivity (Wildman–Crippen MR) is 86.9 cm³/mol. The van der Waals surface area contributed by atoms with E-state index in [0.29, 0.717) is 12.4 Å². The van der Waals surface area contributed by atoms with E-state index in [0.717, 1.165) is 0 Å². The third-order valence-corrected chi connectivity index (χ3v) is 4.04. The van der Waals surface area contributed by atoms with Crippen molar-refractivity contribution in [3.8, 4) is 0 Å². The van der Waals surface area contributed by atoms with Crippen molar-refractivity contribution in [3.05, 3.63) is 11.8 Å². The van der Waals surface area contributed by atoms with Crippen molar-refractivity contribution < 1.29 is 23.5 Å². The highest BCUT2D eigenvalue weighted by Crippen LogP contribution is 2.26. The number of Topliss-reactive ketones (excluding diaryl/α,β-unsaturated/α-hetero) is 1. The lowest BCUT2D eigenvalue weighted by atomic mass is 9.97. The molecule has 0 aliphatic carbocycles. The molecule has 1 amide bonds. The van der Waals surface area contributed by atoms with Crippen LogP contribution in [0.5, 0.6) is 0 Å². The average Bonchev–Trinajstić information content (AvgIpc) is 3.12. The van der Waals surface area contributed by atoms with Crippen molar-refractivity contribution in [2.75, 3.05) is 33.3 Å². The molecular weight excluding hydrogens is 331 g/mol. The van der Waals surface area contributed by atoms with Crippen molar-refractivity contribution in [2.24, 2.45) is 0 Å². The number of halogens is 1. The second-order valence-corrected chi connectivity index (χ2v) is 7.38. The standard InChI is InChI=1S/C16H25FN4O4/c1-16(2,3)15-19-18-14(25-15)13(24)11-7-10(17)8-21(11)12(23)9-20(4)5-6-22/h10-11,22H,5-9H2,1-4H3/t10-,11?/m0/s1. The summed E-state index contributed by atoms with van der Waals surface area (Å²) in [5.41, 5.74) is -0.410. The highest BCUT2D eigenvalue weighted by Gasteiger charge is 2.42. The number of hydrogen-bond acceptors (Lipinski definition) is 7. The Kier molecular flexibility index (Phi) is 5.89. The van der Waals surface area contributed by atoms with Crippen LogP contribution in [-0.2, 0) is 10.2 Å². The largest absolute Gasteiger partial charge is 0.418 e. The second kappa shape index (κ2) is 7.57. The number of hydrogen-bond donors (Lipinski definition) is 1. The summed E-state index contributed by atoms with van der Waals surface area (Å²) < 4.78 is 19.3. The van der Waals surface area contributed by atoms with E-state index in [1.165, 1.54) is 4.90 Å². The van der Waals surface area contributed by atoms with Crippen molar-refractivity contribution >= 4 is 11.7 Å². The number of alkyl halides is 1. The molecule has 1 aliphatic heterocycles. The zero-order chi connectivity index (χ0) is 18.8. The highest BCUT2D eigenvalue weighted by atomic mass is 19.1. The number of nitrogens with zero attached hydrogens (tertiary/aromatic N) is 4. The summed E-state index contributed by atoms with van der Waals surface area (Å²) in [6.45, 7) is 5.69. The SMILES string of the molecule is CN(CCO)CC(=O)N1C[C@@H](F)CC1C(=O)c1nnc(C(C)(C)C)o1. The van der Waals surface area contributed by atoms with Crippen molar-refractivity contribution in [1.82, 2.24) is 20.0 Å². The Morgan fingerprint density at radius 1 is 1.40 bits per heavy atom. The van der Waals surface area contributed by atoms with Gasteiger partial charge in [-0.15, -0.1) is 10.2 Å². The lowest BCUT2D eigenvalue weighted by molar-refractivity contribution is -0.132. The number of ketones is 1. The predicted octanol–water partition coefficient (Wildman–Crippen LogP) is 0.413. The summed E-state index contributed by atoms with van der Waals surface area (Å²) in [6.07, 6.45) is -1.35. The monoisotopic (exact) mass is 356 g/mol. The summed E-state index contributed by atoms with van der Waals surface area (Å²) >= 11 is 0. The van der Waals surface area contributed by atoms with Gasteiger partial charge in [-0.25, -0.2) is 4.39 Å². The van der Waals surface area contributed by atoms with E-state index in [-0.39, 0.29) is 37.9 Å². The van der Waals surface area contributed by atoms with Gasteiger partial charge in [0, 0.05) is 18.4 Å². The number of rotatable bonds is 6. The Balaban J connectivity index is 2.13. The first-order valence-corrected chi connectivity index (χ1v) is 8.24. The van der Waals surface area contributed by atoms with Crippen LogP contribution >= 0.6 is 0 Å². The van der Waals surface area contributed by atoms with Gasteiger partial charge in [0.1, 0.15) is 12.2 Å². The minimum absolute atomic E-state index is 0.00582. The maximum atomic E-state index is 13.9. The van der Waals surface area contributed by atoms with Gasteiger partial charge < -0.3 is 14.4 Å². The summed E-state index contributed by atoms with van der Waals surface area (Å²) in [5.74, 6) is -0.803. The molecule has 0 spiro atoms. The van der Waals surface area contributed by atoms with E-state index in [9.17, 15) is 14.0 Å². The smallest absolute Gasteiger partial charge is 0.286 e. The molecule has 0 saturated carbocycles. The van der Waals surface area contributed by atoms with E-state index in [2.05, 4.69) is 10.2 Å². The topological polar surface area (TPSA) is 99.8 Å². The number of likely N-dealkylation sites (tertiary alicyclic amines) is 1. The second-order valence-electron chi connectivity index (χ2n) is 7.38. The number of likely N-dealkylation sites (N-methyl/N-ethyl adjacent to an activating group) is 1. The highest BCUT2D eigenvalue weighted by molar-refractivity contribution is 5.99. The Labute approximate surface area is 146 Å². The van der Waals surface area contributed by atoms with Crippen LogP contribution in [-0.4, -0.2) is 82.3 Å². The first-order chi connectivity index (χ1) is 11.6. The molecule has 8 nitrogen and oxygen atoms in total. The minimum Gasteiger partial charge on any atom is -0.418 e. The number of aliphatic hydroxyl groups excluding tert-OH is 1. The van der Waals surface area contributed by atoms with Crippen molar-refractivity contribution in [1.29, 1.82) is 0 Å². The maximum absolute atomic E-state index is 13.9. The molecule has 1 unspecified atom stereocenters. The van der Waals surface area contributed by atoms with Crippen LogP contribution in [0.25, 0.3) is 0 Å². The van der Waals surface area contributed by atoms with Gasteiger partial charge in [0.05, 0.1) is 19.7 Å². The van der Waals surface area contributed by atoms with E-state index in [1.807, 2.05) is 20.8 Å². The van der Waals surface area contributed by atoms with E-state index in [4.69, 9.17) is 9.52 Å². The lowest BCUT2D eigenvalue weighted by Gasteiger charge is -2.25. The van der Waals surface area contributed by atoms with Crippen LogP contribution in [0.15, 0.2) is 4.42 Å². The Hall–Kier alpha value is -1.87. The molecule has 1 aromatic heterocycles. The lowest BCUT2D eigenvalue weighted by Crippen LogP contribution is -2.45. The Morgan fingerprint density at radius 3 is 2.64 bits per heavy atom. The molecule has 140 valence electrons. The van der Waals surface area contributed by atoms with E-state index < -0.39 is 23.4 Å². The number of aromatic nitrogens is 2. The van der Waals surface area contributed by atoms with Crippen LogP contribution < -0.4 is 0 Å². The summed E-state index contributed by atoms with van der Waals surface area (Å²) in [7, 11) is 1.67. The molecule has 2 heterocycles. The van der Waals surface area contributed by atoms with Gasteiger partial charge in [-0.1, -0.05) is 20.8 Å². The minimum atomic E-state index is -1.27. The fraction of sp³-hybridized carbons (Fsp3) is 0.750. The molecule has 2 rings (SSSR count). The van der Waals surface area contributed by atoms with Crippen LogP contribution in [0.2, 0.25) is 0 Å². The summed E-state index contributed by atoms with van der Waals surface area (Å²) in [5, 5.41) is 16.5. The number of aliphatic hydroxyl groups is 1.